The number of aromatic nitrogens is 1. The van der Waals surface area contributed by atoms with Crippen LogP contribution in [0.5, 0.6) is 0 Å². The van der Waals surface area contributed by atoms with Gasteiger partial charge < -0.3 is 9.71 Å². The van der Waals surface area contributed by atoms with Gasteiger partial charge in [0.2, 0.25) is 0 Å². The van der Waals surface area contributed by atoms with Crippen molar-refractivity contribution in [2.45, 2.75) is 0 Å². The summed E-state index contributed by atoms with van der Waals surface area (Å²) in [7, 11) is 0. The number of nitrogens with one attached hydrogen (secondary N) is 2. The molecule has 2 N–H and O–H groups in total. The number of hydrogen-bond donors (Lipinski definition) is 2. The molecule has 64 valence electrons. The molecule has 1 aromatic heterocycles. The molecule has 0 radical (unpaired) electrons. The fourth-order valence-corrected chi connectivity index (χ4v) is 1.29. The molecule has 5 heteroatoms. The first kappa shape index (κ1) is 9.15. The fraction of sp³-hybridized carbons (Fsp3) is 0. The molecule has 1 aliphatic heterocycles. The lowest BCUT2D eigenvalue weighted by molar-refractivity contribution is 1.35. The summed E-state index contributed by atoms with van der Waals surface area (Å²) in [6.07, 6.45) is 7.45. The Bertz CT molecular complexity index is 284. The van der Waals surface area contributed by atoms with E-state index in [1.54, 1.807) is 23.5 Å². The van der Waals surface area contributed by atoms with Crippen molar-refractivity contribution in [1.29, 1.82) is 0 Å². The minimum Gasteiger partial charge on any atom is -0.333 e. The van der Waals surface area contributed by atoms with Crippen molar-refractivity contribution >= 4 is 23.3 Å². The summed E-state index contributed by atoms with van der Waals surface area (Å²) in [6, 6.07) is 0. The van der Waals surface area contributed by atoms with Crippen molar-refractivity contribution in [3.63, 3.8) is 0 Å². The van der Waals surface area contributed by atoms with Crippen molar-refractivity contribution < 1.29 is 0 Å². The maximum absolute atomic E-state index is 10.0. The van der Waals surface area contributed by atoms with Crippen LogP contribution in [0.25, 0.3) is 0 Å². The van der Waals surface area contributed by atoms with E-state index in [0.29, 0.717) is 0 Å². The Labute approximate surface area is 78.3 Å². The van der Waals surface area contributed by atoms with Crippen LogP contribution in [0.4, 0.5) is 0 Å². The van der Waals surface area contributed by atoms with Gasteiger partial charge in [-0.25, -0.2) is 0 Å². The number of hydrogen-bond acceptors (Lipinski definition) is 4. The summed E-state index contributed by atoms with van der Waals surface area (Å²) in [6.45, 7) is 0. The predicted molar refractivity (Wildman–Crippen MR) is 53.9 cm³/mol. The van der Waals surface area contributed by atoms with E-state index in [1.165, 1.54) is 11.3 Å². The summed E-state index contributed by atoms with van der Waals surface area (Å²) in [5.74, 6) is 0. The zero-order valence-corrected chi connectivity index (χ0v) is 7.82. The zero-order valence-electron chi connectivity index (χ0n) is 6.19. The molecular formula is C7H8N2OS2. The van der Waals surface area contributed by atoms with Gasteiger partial charge in [0, 0.05) is 17.8 Å². The predicted octanol–water partition coefficient (Wildman–Crippen LogP) is 1.70. The molecule has 0 saturated carbocycles. The van der Waals surface area contributed by atoms with E-state index in [2.05, 4.69) is 9.71 Å². The first-order chi connectivity index (χ1) is 5.89. The van der Waals surface area contributed by atoms with Crippen molar-refractivity contribution in [2.24, 2.45) is 0 Å². The van der Waals surface area contributed by atoms with E-state index in [0.717, 1.165) is 0 Å². The molecule has 0 bridgehead atoms. The number of thiazole rings is 1. The average molecular weight is 200 g/mol. The quantitative estimate of drug-likeness (QED) is 0.627. The molecule has 1 aromatic rings. The molecule has 0 spiro atoms. The highest BCUT2D eigenvalue weighted by Crippen LogP contribution is 1.98. The van der Waals surface area contributed by atoms with Crippen molar-refractivity contribution in [3.05, 3.63) is 45.0 Å². The van der Waals surface area contributed by atoms with Gasteiger partial charge >= 0.3 is 4.87 Å². The molecule has 0 aromatic carbocycles. The first-order valence-corrected chi connectivity index (χ1v) is 5.00. The van der Waals surface area contributed by atoms with E-state index in [4.69, 9.17) is 0 Å². The molecule has 0 aliphatic carbocycles. The first-order valence-electron chi connectivity index (χ1n) is 3.24. The standard InChI is InChI=1S/C4H5NS.C3H3NOS/c1-2-4-6-5-3-1;5-3-4-1-2-6-3/h1-5H;1-2H,(H,4,5). The molecule has 2 rings (SSSR count). The Hall–Kier alpha value is -0.940. The van der Waals surface area contributed by atoms with Crippen LogP contribution in [0.15, 0.2) is 40.1 Å². The van der Waals surface area contributed by atoms with Gasteiger partial charge in [-0.05, 0) is 23.4 Å². The van der Waals surface area contributed by atoms with Crippen molar-refractivity contribution in [2.75, 3.05) is 0 Å². The van der Waals surface area contributed by atoms with Crippen LogP contribution in [-0.2, 0) is 0 Å². The SMILES string of the molecule is C1=CNSC=C1.O=c1[nH]ccs1. The van der Waals surface area contributed by atoms with E-state index < -0.39 is 0 Å². The maximum atomic E-state index is 10.0. The number of rotatable bonds is 0. The van der Waals surface area contributed by atoms with Crippen LogP contribution in [-0.4, -0.2) is 4.98 Å². The molecule has 0 saturated heterocycles. The molecule has 12 heavy (non-hydrogen) atoms. The minimum absolute atomic E-state index is 0.00926. The monoisotopic (exact) mass is 200 g/mol. The Balaban J connectivity index is 0.000000120. The molecular weight excluding hydrogens is 192 g/mol. The van der Waals surface area contributed by atoms with Crippen LogP contribution in [0.1, 0.15) is 0 Å². The minimum atomic E-state index is 0.00926. The van der Waals surface area contributed by atoms with Crippen LogP contribution >= 0.6 is 23.3 Å². The Kier molecular flexibility index (Phi) is 4.33. The van der Waals surface area contributed by atoms with E-state index in [-0.39, 0.29) is 4.87 Å². The molecule has 3 nitrogen and oxygen atoms in total. The summed E-state index contributed by atoms with van der Waals surface area (Å²) >= 11 is 2.74. The smallest absolute Gasteiger partial charge is 0.304 e. The van der Waals surface area contributed by atoms with Crippen molar-refractivity contribution in [1.82, 2.24) is 9.71 Å². The fourth-order valence-electron chi connectivity index (χ4n) is 0.490. The maximum Gasteiger partial charge on any atom is 0.304 e. The molecule has 0 atom stereocenters. The second-order valence-corrected chi connectivity index (χ2v) is 3.40. The summed E-state index contributed by atoms with van der Waals surface area (Å²) < 4.78 is 2.93. The van der Waals surface area contributed by atoms with Gasteiger partial charge in [0.05, 0.1) is 0 Å². The lowest BCUT2D eigenvalue weighted by atomic mass is 10.6. The second-order valence-electron chi connectivity index (χ2n) is 1.78. The van der Waals surface area contributed by atoms with Crippen LogP contribution in [0.3, 0.4) is 0 Å². The lowest BCUT2D eigenvalue weighted by Crippen LogP contribution is -1.88. The van der Waals surface area contributed by atoms with Gasteiger partial charge in [-0.15, -0.1) is 0 Å². The molecule has 0 unspecified atom stereocenters. The van der Waals surface area contributed by atoms with E-state index in [1.807, 2.05) is 23.8 Å². The third-order valence-electron chi connectivity index (χ3n) is 0.934. The third kappa shape index (κ3) is 4.05. The Morgan fingerprint density at radius 1 is 1.33 bits per heavy atom. The lowest BCUT2D eigenvalue weighted by Gasteiger charge is -1.93. The van der Waals surface area contributed by atoms with Crippen LogP contribution in [0.2, 0.25) is 0 Å². The van der Waals surface area contributed by atoms with Gasteiger partial charge in [-0.2, -0.15) is 0 Å². The van der Waals surface area contributed by atoms with Crippen molar-refractivity contribution in [3.8, 4) is 0 Å². The largest absolute Gasteiger partial charge is 0.333 e. The molecule has 2 heterocycles. The summed E-state index contributed by atoms with van der Waals surface area (Å²) in [4.78, 5) is 12.5. The number of H-pyrrole nitrogens is 1. The summed E-state index contributed by atoms with van der Waals surface area (Å²) in [5.41, 5.74) is 0. The van der Waals surface area contributed by atoms with Gasteiger partial charge in [0.15, 0.2) is 0 Å². The Morgan fingerprint density at radius 3 is 2.42 bits per heavy atom. The normalized spacial score (nSPS) is 13.0. The Morgan fingerprint density at radius 2 is 2.25 bits per heavy atom. The highest BCUT2D eigenvalue weighted by molar-refractivity contribution is 8.00. The highest BCUT2D eigenvalue weighted by Gasteiger charge is 1.74. The van der Waals surface area contributed by atoms with Crippen LogP contribution in [0, 0.1) is 0 Å². The van der Waals surface area contributed by atoms with E-state index in [9.17, 15) is 4.79 Å². The number of allylic oxidation sites excluding steroid dienone is 2. The topological polar surface area (TPSA) is 44.9 Å². The molecule has 0 fully saturated rings. The third-order valence-corrected chi connectivity index (χ3v) is 2.10. The second kappa shape index (κ2) is 5.68. The molecule has 1 aliphatic rings. The van der Waals surface area contributed by atoms with Gasteiger partial charge in [-0.3, -0.25) is 4.79 Å². The number of aromatic amines is 1. The average Bonchev–Trinajstić information content (AvgIpc) is 2.60. The molecule has 0 amide bonds. The zero-order chi connectivity index (χ0) is 8.65. The van der Waals surface area contributed by atoms with Gasteiger partial charge in [0.1, 0.15) is 0 Å². The van der Waals surface area contributed by atoms with Crippen LogP contribution < -0.4 is 9.60 Å². The highest BCUT2D eigenvalue weighted by atomic mass is 32.2. The van der Waals surface area contributed by atoms with Gasteiger partial charge in [-0.1, -0.05) is 17.4 Å². The van der Waals surface area contributed by atoms with Gasteiger partial charge in [0.25, 0.3) is 0 Å². The van der Waals surface area contributed by atoms with E-state index >= 15 is 0 Å². The summed E-state index contributed by atoms with van der Waals surface area (Å²) in [5, 5.41) is 3.70.